The lowest BCUT2D eigenvalue weighted by Crippen LogP contribution is -2.11. The van der Waals surface area contributed by atoms with Crippen LogP contribution in [0.5, 0.6) is 0 Å². The van der Waals surface area contributed by atoms with Crippen LogP contribution >= 0.6 is 0 Å². The summed E-state index contributed by atoms with van der Waals surface area (Å²) in [5, 5.41) is 6.35. The number of imidazole rings is 1. The van der Waals surface area contributed by atoms with E-state index >= 15 is 0 Å². The topological polar surface area (TPSA) is 95.2 Å². The molecular formula is C21H16N6O. The summed E-state index contributed by atoms with van der Waals surface area (Å²) in [4.78, 5) is 19.8. The van der Waals surface area contributed by atoms with Crippen molar-refractivity contribution >= 4 is 22.9 Å². The molecule has 0 saturated heterocycles. The molecule has 0 fully saturated rings. The van der Waals surface area contributed by atoms with Gasteiger partial charge in [-0.2, -0.15) is 0 Å². The van der Waals surface area contributed by atoms with Crippen LogP contribution in [-0.2, 0) is 0 Å². The van der Waals surface area contributed by atoms with Crippen molar-refractivity contribution in [1.29, 1.82) is 0 Å². The first-order valence-corrected chi connectivity index (χ1v) is 8.65. The van der Waals surface area contributed by atoms with E-state index in [2.05, 4.69) is 20.3 Å². The summed E-state index contributed by atoms with van der Waals surface area (Å²) in [5.74, 6) is -0.233. The molecule has 7 nitrogen and oxygen atoms in total. The minimum atomic E-state index is -0.233. The Kier molecular flexibility index (Phi) is 4.50. The van der Waals surface area contributed by atoms with Gasteiger partial charge in [0.25, 0.3) is 5.91 Å². The highest BCUT2D eigenvalue weighted by Gasteiger charge is 2.08. The second kappa shape index (κ2) is 7.26. The van der Waals surface area contributed by atoms with E-state index in [0.717, 1.165) is 22.5 Å². The molecule has 0 saturated carbocycles. The van der Waals surface area contributed by atoms with E-state index in [-0.39, 0.29) is 5.91 Å². The van der Waals surface area contributed by atoms with Crippen LogP contribution in [0, 0.1) is 6.92 Å². The summed E-state index contributed by atoms with van der Waals surface area (Å²) in [5.41, 5.74) is 14.0. The molecule has 0 unspecified atom stereocenters. The van der Waals surface area contributed by atoms with Gasteiger partial charge in [-0.25, -0.2) is 4.98 Å². The molecule has 2 heterocycles. The standard InChI is InChI=1S/C21H16N6O/c1-14-3-2-12-27-13-19(24-20(14)27)15-4-8-17(9-5-15)23-21(28)16-6-10-18(11-7-16)25-26-22/h2-13H,1H3,(H,23,28). The van der Waals surface area contributed by atoms with Crippen molar-refractivity contribution in [2.24, 2.45) is 5.11 Å². The molecule has 28 heavy (non-hydrogen) atoms. The molecule has 1 amide bonds. The number of nitrogens with one attached hydrogen (secondary N) is 1. The summed E-state index contributed by atoms with van der Waals surface area (Å²) in [6.45, 7) is 2.03. The van der Waals surface area contributed by atoms with Gasteiger partial charge in [0.05, 0.1) is 5.69 Å². The highest BCUT2D eigenvalue weighted by molar-refractivity contribution is 6.04. The van der Waals surface area contributed by atoms with Crippen LogP contribution in [0.1, 0.15) is 15.9 Å². The van der Waals surface area contributed by atoms with Crippen LogP contribution in [0.15, 0.2) is 78.2 Å². The van der Waals surface area contributed by atoms with E-state index < -0.39 is 0 Å². The summed E-state index contributed by atoms with van der Waals surface area (Å²) < 4.78 is 2.00. The number of pyridine rings is 1. The fourth-order valence-electron chi connectivity index (χ4n) is 2.95. The quantitative estimate of drug-likeness (QED) is 0.292. The zero-order valence-corrected chi connectivity index (χ0v) is 15.1. The Hall–Kier alpha value is -4.09. The number of azide groups is 1. The minimum Gasteiger partial charge on any atom is -0.322 e. The largest absolute Gasteiger partial charge is 0.322 e. The van der Waals surface area contributed by atoms with Crippen molar-refractivity contribution < 1.29 is 4.79 Å². The highest BCUT2D eigenvalue weighted by atomic mass is 16.1. The molecular weight excluding hydrogens is 352 g/mol. The number of carbonyl (C=O) groups excluding carboxylic acids is 1. The molecule has 2 aromatic heterocycles. The van der Waals surface area contributed by atoms with E-state index in [0.29, 0.717) is 16.9 Å². The molecule has 1 N–H and O–H groups in total. The Morgan fingerprint density at radius 1 is 1.11 bits per heavy atom. The predicted molar refractivity (Wildman–Crippen MR) is 109 cm³/mol. The third-order valence-electron chi connectivity index (χ3n) is 4.41. The van der Waals surface area contributed by atoms with Gasteiger partial charge in [-0.05, 0) is 48.4 Å². The maximum absolute atomic E-state index is 12.4. The molecule has 0 atom stereocenters. The molecule has 0 spiro atoms. The molecule has 0 bridgehead atoms. The zero-order chi connectivity index (χ0) is 19.5. The molecule has 0 radical (unpaired) electrons. The Morgan fingerprint density at radius 2 is 1.86 bits per heavy atom. The lowest BCUT2D eigenvalue weighted by Gasteiger charge is -2.06. The van der Waals surface area contributed by atoms with Gasteiger partial charge in [-0.15, -0.1) is 0 Å². The number of carbonyl (C=O) groups is 1. The average molecular weight is 368 g/mol. The average Bonchev–Trinajstić information content (AvgIpc) is 3.15. The number of hydrogen-bond acceptors (Lipinski definition) is 3. The van der Waals surface area contributed by atoms with Gasteiger partial charge in [-0.1, -0.05) is 35.4 Å². The van der Waals surface area contributed by atoms with Gasteiger partial charge < -0.3 is 9.72 Å². The van der Waals surface area contributed by atoms with Crippen LogP contribution in [-0.4, -0.2) is 15.3 Å². The lowest BCUT2D eigenvalue weighted by atomic mass is 10.1. The third kappa shape index (κ3) is 3.42. The zero-order valence-electron chi connectivity index (χ0n) is 15.1. The van der Waals surface area contributed by atoms with Crippen molar-refractivity contribution in [3.8, 4) is 11.3 Å². The summed E-state index contributed by atoms with van der Waals surface area (Å²) in [6.07, 6.45) is 3.96. The van der Waals surface area contributed by atoms with Gasteiger partial charge in [0.2, 0.25) is 0 Å². The number of aromatic nitrogens is 2. The van der Waals surface area contributed by atoms with Gasteiger partial charge in [0.1, 0.15) is 5.65 Å². The molecule has 0 aliphatic heterocycles. The van der Waals surface area contributed by atoms with E-state index in [4.69, 9.17) is 5.53 Å². The summed E-state index contributed by atoms with van der Waals surface area (Å²) in [7, 11) is 0. The van der Waals surface area contributed by atoms with Gasteiger partial charge in [0.15, 0.2) is 0 Å². The van der Waals surface area contributed by atoms with Crippen molar-refractivity contribution in [2.45, 2.75) is 6.92 Å². The highest BCUT2D eigenvalue weighted by Crippen LogP contribution is 2.23. The maximum atomic E-state index is 12.4. The van der Waals surface area contributed by atoms with E-state index in [1.807, 2.05) is 60.1 Å². The minimum absolute atomic E-state index is 0.233. The van der Waals surface area contributed by atoms with E-state index in [1.54, 1.807) is 24.3 Å². The van der Waals surface area contributed by atoms with Crippen molar-refractivity contribution in [3.63, 3.8) is 0 Å². The fourth-order valence-corrected chi connectivity index (χ4v) is 2.95. The number of hydrogen-bond donors (Lipinski definition) is 1. The fraction of sp³-hybridized carbons (Fsp3) is 0.0476. The number of nitrogens with zero attached hydrogens (tertiary/aromatic N) is 5. The molecule has 4 rings (SSSR count). The van der Waals surface area contributed by atoms with Gasteiger partial charge in [-0.3, -0.25) is 4.79 Å². The number of fused-ring (bicyclic) bond motifs is 1. The Labute approximate surface area is 160 Å². The monoisotopic (exact) mass is 368 g/mol. The van der Waals surface area contributed by atoms with Gasteiger partial charge in [0, 0.05) is 39.8 Å². The first-order valence-electron chi connectivity index (χ1n) is 8.65. The number of rotatable bonds is 4. The maximum Gasteiger partial charge on any atom is 0.255 e. The first kappa shape index (κ1) is 17.3. The smallest absolute Gasteiger partial charge is 0.255 e. The number of anilines is 1. The molecule has 0 aliphatic rings. The molecule has 7 heteroatoms. The van der Waals surface area contributed by atoms with E-state index in [9.17, 15) is 4.79 Å². The van der Waals surface area contributed by atoms with Crippen molar-refractivity contribution in [2.75, 3.05) is 5.32 Å². The number of amides is 1. The third-order valence-corrected chi connectivity index (χ3v) is 4.41. The Morgan fingerprint density at radius 3 is 2.54 bits per heavy atom. The molecule has 4 aromatic rings. The first-order chi connectivity index (χ1) is 13.6. The molecule has 0 aliphatic carbocycles. The Balaban J connectivity index is 1.51. The van der Waals surface area contributed by atoms with Crippen LogP contribution in [0.25, 0.3) is 27.3 Å². The van der Waals surface area contributed by atoms with Gasteiger partial charge >= 0.3 is 0 Å². The van der Waals surface area contributed by atoms with Crippen LogP contribution in [0.4, 0.5) is 11.4 Å². The summed E-state index contributed by atoms with van der Waals surface area (Å²) in [6, 6.07) is 18.0. The normalized spacial score (nSPS) is 10.5. The second-order valence-electron chi connectivity index (χ2n) is 6.32. The van der Waals surface area contributed by atoms with Crippen LogP contribution in [0.2, 0.25) is 0 Å². The second-order valence-corrected chi connectivity index (χ2v) is 6.32. The van der Waals surface area contributed by atoms with Crippen LogP contribution in [0.3, 0.4) is 0 Å². The van der Waals surface area contributed by atoms with Crippen molar-refractivity contribution in [3.05, 3.63) is 94.6 Å². The van der Waals surface area contributed by atoms with Crippen molar-refractivity contribution in [1.82, 2.24) is 9.38 Å². The SMILES string of the molecule is Cc1cccn2cc(-c3ccc(NC(=O)c4ccc(N=[N+]=[N-])cc4)cc3)nc12. The van der Waals surface area contributed by atoms with Crippen LogP contribution < -0.4 is 5.32 Å². The lowest BCUT2D eigenvalue weighted by molar-refractivity contribution is 0.102. The molecule has 136 valence electrons. The molecule has 2 aromatic carbocycles. The summed E-state index contributed by atoms with van der Waals surface area (Å²) >= 11 is 0. The number of benzene rings is 2. The number of aryl methyl sites for hydroxylation is 1. The predicted octanol–water partition coefficient (Wildman–Crippen LogP) is 5.50. The van der Waals surface area contributed by atoms with E-state index in [1.165, 1.54) is 0 Å². The Bertz CT molecular complexity index is 1200.